The van der Waals surface area contributed by atoms with Crippen LogP contribution in [0.3, 0.4) is 0 Å². The van der Waals surface area contributed by atoms with Crippen LogP contribution in [0.1, 0.15) is 41.7 Å². The first-order valence-corrected chi connectivity index (χ1v) is 6.81. The third kappa shape index (κ3) is 2.63. The average molecular weight is 258 g/mol. The van der Waals surface area contributed by atoms with Gasteiger partial charge in [0, 0.05) is 29.2 Å². The second-order valence-corrected chi connectivity index (χ2v) is 5.26. The van der Waals surface area contributed by atoms with E-state index in [1.54, 1.807) is 12.1 Å². The van der Waals surface area contributed by atoms with Gasteiger partial charge in [-0.2, -0.15) is 0 Å². The number of aromatic amines is 1. The van der Waals surface area contributed by atoms with Crippen molar-refractivity contribution >= 4 is 16.9 Å². The van der Waals surface area contributed by atoms with E-state index in [2.05, 4.69) is 10.3 Å². The Hall–Kier alpha value is -1.81. The summed E-state index contributed by atoms with van der Waals surface area (Å²) < 4.78 is 0. The lowest BCUT2D eigenvalue weighted by Gasteiger charge is -2.10. The van der Waals surface area contributed by atoms with Gasteiger partial charge in [-0.3, -0.25) is 0 Å². The average Bonchev–Trinajstić information content (AvgIpc) is 3.04. The van der Waals surface area contributed by atoms with E-state index in [0.717, 1.165) is 23.1 Å². The number of carboxylic acid groups (broad SMARTS) is 1. The number of nitrogens with one attached hydrogen (secondary N) is 2. The van der Waals surface area contributed by atoms with Gasteiger partial charge in [0.2, 0.25) is 0 Å². The maximum Gasteiger partial charge on any atom is 0.335 e. The summed E-state index contributed by atoms with van der Waals surface area (Å²) in [5.41, 5.74) is 2.44. The van der Waals surface area contributed by atoms with E-state index in [1.165, 1.54) is 25.7 Å². The molecule has 0 spiro atoms. The SMILES string of the molecule is O=C(O)c1ccc2[nH]c(CNC3CCCC3)cc2c1. The molecule has 1 aliphatic rings. The van der Waals surface area contributed by atoms with E-state index >= 15 is 0 Å². The Kier molecular flexibility index (Phi) is 3.25. The quantitative estimate of drug-likeness (QED) is 0.790. The number of carboxylic acids is 1. The lowest BCUT2D eigenvalue weighted by molar-refractivity contribution is 0.0697. The van der Waals surface area contributed by atoms with E-state index in [0.29, 0.717) is 11.6 Å². The van der Waals surface area contributed by atoms with Gasteiger partial charge in [-0.05, 0) is 37.1 Å². The van der Waals surface area contributed by atoms with E-state index in [1.807, 2.05) is 12.1 Å². The second-order valence-electron chi connectivity index (χ2n) is 5.26. The molecule has 2 aromatic rings. The van der Waals surface area contributed by atoms with Gasteiger partial charge < -0.3 is 15.4 Å². The van der Waals surface area contributed by atoms with Crippen molar-refractivity contribution in [1.82, 2.24) is 10.3 Å². The third-order valence-electron chi connectivity index (χ3n) is 3.86. The van der Waals surface area contributed by atoms with Crippen molar-refractivity contribution < 1.29 is 9.90 Å². The molecule has 3 N–H and O–H groups in total. The third-order valence-corrected chi connectivity index (χ3v) is 3.86. The normalized spacial score (nSPS) is 16.2. The standard InChI is InChI=1S/C15H18N2O2/c18-15(19)10-5-6-14-11(7-10)8-13(17-14)9-16-12-3-1-2-4-12/h5-8,12,16-17H,1-4,9H2,(H,18,19). The fourth-order valence-electron chi connectivity index (χ4n) is 2.81. The van der Waals surface area contributed by atoms with Crippen molar-refractivity contribution in [2.75, 3.05) is 0 Å². The Bertz CT molecular complexity index is 597. The second kappa shape index (κ2) is 5.05. The Morgan fingerprint density at radius 3 is 2.84 bits per heavy atom. The van der Waals surface area contributed by atoms with E-state index in [4.69, 9.17) is 5.11 Å². The highest BCUT2D eigenvalue weighted by Crippen LogP contribution is 2.20. The molecule has 0 unspecified atom stereocenters. The molecule has 4 nitrogen and oxygen atoms in total. The molecule has 4 heteroatoms. The lowest BCUT2D eigenvalue weighted by Crippen LogP contribution is -2.25. The topological polar surface area (TPSA) is 65.1 Å². The van der Waals surface area contributed by atoms with Gasteiger partial charge in [-0.25, -0.2) is 4.79 Å². The predicted molar refractivity (Wildman–Crippen MR) is 74.4 cm³/mol. The van der Waals surface area contributed by atoms with Gasteiger partial charge in [0.25, 0.3) is 0 Å². The molecule has 0 saturated heterocycles. The van der Waals surface area contributed by atoms with Crippen LogP contribution in [0.25, 0.3) is 10.9 Å². The number of rotatable bonds is 4. The number of H-pyrrole nitrogens is 1. The van der Waals surface area contributed by atoms with Crippen molar-refractivity contribution in [3.63, 3.8) is 0 Å². The Balaban J connectivity index is 1.75. The Morgan fingerprint density at radius 1 is 1.32 bits per heavy atom. The van der Waals surface area contributed by atoms with Gasteiger partial charge in [0.15, 0.2) is 0 Å². The molecule has 0 atom stereocenters. The van der Waals surface area contributed by atoms with Crippen LogP contribution < -0.4 is 5.32 Å². The van der Waals surface area contributed by atoms with E-state index in [-0.39, 0.29) is 0 Å². The molecule has 0 radical (unpaired) electrons. The maximum atomic E-state index is 10.9. The zero-order valence-corrected chi connectivity index (χ0v) is 10.8. The molecular formula is C15H18N2O2. The molecule has 1 saturated carbocycles. The predicted octanol–water partition coefficient (Wildman–Crippen LogP) is 2.90. The largest absolute Gasteiger partial charge is 0.478 e. The summed E-state index contributed by atoms with van der Waals surface area (Å²) in [7, 11) is 0. The summed E-state index contributed by atoms with van der Waals surface area (Å²) in [5.74, 6) is -0.881. The summed E-state index contributed by atoms with van der Waals surface area (Å²) in [4.78, 5) is 14.3. The van der Waals surface area contributed by atoms with E-state index < -0.39 is 5.97 Å². The molecule has 0 amide bonds. The van der Waals surface area contributed by atoms with Gasteiger partial charge in [0.05, 0.1) is 5.56 Å². The summed E-state index contributed by atoms with van der Waals surface area (Å²) in [6.45, 7) is 0.821. The van der Waals surface area contributed by atoms with Crippen molar-refractivity contribution in [2.24, 2.45) is 0 Å². The first-order chi connectivity index (χ1) is 9.22. The summed E-state index contributed by atoms with van der Waals surface area (Å²) in [6, 6.07) is 7.85. The molecule has 0 aliphatic heterocycles. The minimum Gasteiger partial charge on any atom is -0.478 e. The van der Waals surface area contributed by atoms with Crippen LogP contribution in [0.15, 0.2) is 24.3 Å². The van der Waals surface area contributed by atoms with Crippen molar-refractivity contribution in [3.05, 3.63) is 35.5 Å². The minimum absolute atomic E-state index is 0.335. The summed E-state index contributed by atoms with van der Waals surface area (Å²) in [6.07, 6.45) is 5.19. The van der Waals surface area contributed by atoms with Crippen LogP contribution in [0, 0.1) is 0 Å². The molecule has 19 heavy (non-hydrogen) atoms. The van der Waals surface area contributed by atoms with Gasteiger partial charge >= 0.3 is 5.97 Å². The van der Waals surface area contributed by atoms with Crippen LogP contribution in [-0.2, 0) is 6.54 Å². The number of benzene rings is 1. The number of hydrogen-bond acceptors (Lipinski definition) is 2. The monoisotopic (exact) mass is 258 g/mol. The van der Waals surface area contributed by atoms with Crippen LogP contribution in [0.4, 0.5) is 0 Å². The van der Waals surface area contributed by atoms with Crippen molar-refractivity contribution in [3.8, 4) is 0 Å². The van der Waals surface area contributed by atoms with Crippen LogP contribution in [0.5, 0.6) is 0 Å². The molecule has 3 rings (SSSR count). The summed E-state index contributed by atoms with van der Waals surface area (Å²) in [5, 5.41) is 13.5. The van der Waals surface area contributed by atoms with Gasteiger partial charge in [-0.15, -0.1) is 0 Å². The minimum atomic E-state index is -0.881. The zero-order valence-electron chi connectivity index (χ0n) is 10.8. The molecule has 1 aromatic carbocycles. The maximum absolute atomic E-state index is 10.9. The highest BCUT2D eigenvalue weighted by Gasteiger charge is 2.14. The molecule has 0 bridgehead atoms. The van der Waals surface area contributed by atoms with Gasteiger partial charge in [-0.1, -0.05) is 12.8 Å². The fraction of sp³-hybridized carbons (Fsp3) is 0.400. The Labute approximate surface area is 111 Å². The fourth-order valence-corrected chi connectivity index (χ4v) is 2.81. The van der Waals surface area contributed by atoms with Crippen LogP contribution >= 0.6 is 0 Å². The number of fused-ring (bicyclic) bond motifs is 1. The van der Waals surface area contributed by atoms with Gasteiger partial charge in [0.1, 0.15) is 0 Å². The number of aromatic nitrogens is 1. The molecule has 1 aliphatic carbocycles. The van der Waals surface area contributed by atoms with Crippen molar-refractivity contribution in [1.29, 1.82) is 0 Å². The lowest BCUT2D eigenvalue weighted by atomic mass is 10.1. The molecule has 100 valence electrons. The highest BCUT2D eigenvalue weighted by atomic mass is 16.4. The first-order valence-electron chi connectivity index (χ1n) is 6.81. The molecule has 1 heterocycles. The first kappa shape index (κ1) is 12.2. The van der Waals surface area contributed by atoms with Crippen LogP contribution in [0.2, 0.25) is 0 Å². The van der Waals surface area contributed by atoms with E-state index in [9.17, 15) is 4.79 Å². The highest BCUT2D eigenvalue weighted by molar-refractivity contribution is 5.93. The zero-order chi connectivity index (χ0) is 13.2. The molecule has 1 fully saturated rings. The molecule has 1 aromatic heterocycles. The smallest absolute Gasteiger partial charge is 0.335 e. The van der Waals surface area contributed by atoms with Crippen LogP contribution in [-0.4, -0.2) is 22.1 Å². The molecular weight excluding hydrogens is 240 g/mol. The number of carbonyl (C=O) groups is 1. The van der Waals surface area contributed by atoms with Crippen molar-refractivity contribution in [2.45, 2.75) is 38.3 Å². The number of aromatic carboxylic acids is 1. The summed E-state index contributed by atoms with van der Waals surface area (Å²) >= 11 is 0. The number of hydrogen-bond donors (Lipinski definition) is 3. The Morgan fingerprint density at radius 2 is 2.11 bits per heavy atom.